The van der Waals surface area contributed by atoms with Crippen LogP contribution < -0.4 is 5.32 Å². The van der Waals surface area contributed by atoms with Crippen LogP contribution in [0.4, 0.5) is 5.69 Å². The van der Waals surface area contributed by atoms with Crippen molar-refractivity contribution in [3.8, 4) is 0 Å². The number of piperidine rings is 1. The number of carbonyl (C=O) groups is 3. The molecule has 1 heterocycles. The summed E-state index contributed by atoms with van der Waals surface area (Å²) in [6.07, 6.45) is 1.41. The molecule has 3 amide bonds. The summed E-state index contributed by atoms with van der Waals surface area (Å²) in [5.74, 6) is -0.955. The Morgan fingerprint density at radius 2 is 1.88 bits per heavy atom. The Balaban J connectivity index is 1.76. The molecular weight excluding hydrogens is 316 g/mol. The molecule has 2 bridgehead atoms. The Bertz CT molecular complexity index is 768. The third kappa shape index (κ3) is 2.57. The van der Waals surface area contributed by atoms with Crippen LogP contribution in [-0.2, 0) is 14.4 Å². The minimum absolute atomic E-state index is 0.190. The van der Waals surface area contributed by atoms with Crippen LogP contribution in [-0.4, -0.2) is 29.2 Å². The molecule has 3 rings (SSSR count). The summed E-state index contributed by atoms with van der Waals surface area (Å²) < 4.78 is 0. The van der Waals surface area contributed by atoms with Gasteiger partial charge in [-0.15, -0.1) is 0 Å². The SMILES string of the molecule is Cc1ccc(NC(=O)CN2C(=O)C3CCC(C)(C2=O)C3(C)C)cc1C. The molecule has 2 unspecified atom stereocenters. The van der Waals surface area contributed by atoms with E-state index >= 15 is 0 Å². The molecule has 0 aromatic heterocycles. The van der Waals surface area contributed by atoms with E-state index in [0.29, 0.717) is 18.5 Å². The average molecular weight is 342 g/mol. The highest BCUT2D eigenvalue weighted by atomic mass is 16.2. The molecule has 5 heteroatoms. The predicted octanol–water partition coefficient (Wildman–Crippen LogP) is 3.05. The lowest BCUT2D eigenvalue weighted by Crippen LogP contribution is -2.60. The van der Waals surface area contributed by atoms with Crippen molar-refractivity contribution >= 4 is 23.4 Å². The summed E-state index contributed by atoms with van der Waals surface area (Å²) in [5.41, 5.74) is 1.97. The number of anilines is 1. The van der Waals surface area contributed by atoms with Gasteiger partial charge >= 0.3 is 0 Å². The first-order valence-electron chi connectivity index (χ1n) is 8.81. The van der Waals surface area contributed by atoms with Gasteiger partial charge in [-0.3, -0.25) is 19.3 Å². The lowest BCUT2D eigenvalue weighted by molar-refractivity contribution is -0.168. The van der Waals surface area contributed by atoms with E-state index in [9.17, 15) is 14.4 Å². The lowest BCUT2D eigenvalue weighted by Gasteiger charge is -2.47. The second-order valence-electron chi connectivity index (χ2n) is 8.22. The summed E-state index contributed by atoms with van der Waals surface area (Å²) in [6.45, 7) is 9.68. The third-order valence-electron chi connectivity index (χ3n) is 6.60. The Morgan fingerprint density at radius 1 is 1.20 bits per heavy atom. The van der Waals surface area contributed by atoms with Crippen molar-refractivity contribution < 1.29 is 14.4 Å². The van der Waals surface area contributed by atoms with Gasteiger partial charge in [0.25, 0.3) is 0 Å². The van der Waals surface area contributed by atoms with Crippen LogP contribution in [0.15, 0.2) is 18.2 Å². The van der Waals surface area contributed by atoms with E-state index in [2.05, 4.69) is 5.32 Å². The predicted molar refractivity (Wildman–Crippen MR) is 95.9 cm³/mol. The monoisotopic (exact) mass is 342 g/mol. The van der Waals surface area contributed by atoms with Crippen LogP contribution in [0.1, 0.15) is 44.7 Å². The quantitative estimate of drug-likeness (QED) is 0.859. The number of fused-ring (bicyclic) bond motifs is 2. The number of benzene rings is 1. The first-order chi connectivity index (χ1) is 11.6. The number of aryl methyl sites for hydroxylation is 2. The summed E-state index contributed by atoms with van der Waals surface area (Å²) in [7, 11) is 0. The average Bonchev–Trinajstić information content (AvgIpc) is 2.72. The molecule has 1 saturated carbocycles. The molecule has 2 atom stereocenters. The van der Waals surface area contributed by atoms with Gasteiger partial charge in [-0.2, -0.15) is 0 Å². The van der Waals surface area contributed by atoms with Crippen LogP contribution in [0.25, 0.3) is 0 Å². The largest absolute Gasteiger partial charge is 0.325 e. The second-order valence-corrected chi connectivity index (χ2v) is 8.22. The summed E-state index contributed by atoms with van der Waals surface area (Å²) in [6, 6.07) is 5.65. The maximum absolute atomic E-state index is 12.9. The molecule has 1 aliphatic heterocycles. The van der Waals surface area contributed by atoms with Gasteiger partial charge < -0.3 is 5.32 Å². The number of carbonyl (C=O) groups excluding carboxylic acids is 3. The van der Waals surface area contributed by atoms with E-state index in [-0.39, 0.29) is 35.6 Å². The molecule has 0 radical (unpaired) electrons. The lowest BCUT2D eigenvalue weighted by atomic mass is 9.62. The van der Waals surface area contributed by atoms with Gasteiger partial charge in [0.2, 0.25) is 17.7 Å². The maximum Gasteiger partial charge on any atom is 0.244 e. The number of likely N-dealkylation sites (tertiary alicyclic amines) is 1. The number of hydrogen-bond donors (Lipinski definition) is 1. The maximum atomic E-state index is 12.9. The van der Waals surface area contributed by atoms with E-state index in [0.717, 1.165) is 11.1 Å². The summed E-state index contributed by atoms with van der Waals surface area (Å²) in [4.78, 5) is 39.3. The third-order valence-corrected chi connectivity index (χ3v) is 6.60. The van der Waals surface area contributed by atoms with Gasteiger partial charge in [-0.1, -0.05) is 26.8 Å². The first-order valence-corrected chi connectivity index (χ1v) is 8.81. The van der Waals surface area contributed by atoms with Gasteiger partial charge in [0.15, 0.2) is 0 Å². The second kappa shape index (κ2) is 5.68. The normalized spacial score (nSPS) is 27.6. The van der Waals surface area contributed by atoms with Crippen molar-refractivity contribution in [2.24, 2.45) is 16.7 Å². The fraction of sp³-hybridized carbons (Fsp3) is 0.550. The van der Waals surface area contributed by atoms with Gasteiger partial charge in [0, 0.05) is 11.6 Å². The minimum atomic E-state index is -0.577. The smallest absolute Gasteiger partial charge is 0.244 e. The molecule has 1 aromatic carbocycles. The van der Waals surface area contributed by atoms with Crippen LogP contribution in [0, 0.1) is 30.6 Å². The number of hydrogen-bond acceptors (Lipinski definition) is 3. The number of amides is 3. The molecule has 134 valence electrons. The van der Waals surface area contributed by atoms with Crippen molar-refractivity contribution in [2.45, 2.75) is 47.5 Å². The zero-order valence-electron chi connectivity index (χ0n) is 15.6. The van der Waals surface area contributed by atoms with Gasteiger partial charge in [-0.25, -0.2) is 0 Å². The molecule has 1 aromatic rings. The molecule has 2 fully saturated rings. The molecule has 1 saturated heterocycles. The Morgan fingerprint density at radius 3 is 2.52 bits per heavy atom. The number of nitrogens with zero attached hydrogens (tertiary/aromatic N) is 1. The van der Waals surface area contributed by atoms with Gasteiger partial charge in [0.05, 0.1) is 5.41 Å². The van der Waals surface area contributed by atoms with E-state index in [1.165, 1.54) is 4.90 Å². The Hall–Kier alpha value is -2.17. The van der Waals surface area contributed by atoms with Gasteiger partial charge in [-0.05, 0) is 55.4 Å². The van der Waals surface area contributed by atoms with E-state index in [1.807, 2.05) is 52.8 Å². The van der Waals surface area contributed by atoms with Crippen LogP contribution in [0.2, 0.25) is 0 Å². The molecule has 25 heavy (non-hydrogen) atoms. The highest BCUT2D eigenvalue weighted by Gasteiger charge is 2.64. The minimum Gasteiger partial charge on any atom is -0.325 e. The fourth-order valence-corrected chi connectivity index (χ4v) is 4.21. The fourth-order valence-electron chi connectivity index (χ4n) is 4.21. The number of nitrogens with one attached hydrogen (secondary N) is 1. The molecule has 5 nitrogen and oxygen atoms in total. The van der Waals surface area contributed by atoms with Crippen molar-refractivity contribution in [3.05, 3.63) is 29.3 Å². The van der Waals surface area contributed by atoms with E-state index in [4.69, 9.17) is 0 Å². The van der Waals surface area contributed by atoms with Crippen LogP contribution in [0.5, 0.6) is 0 Å². The van der Waals surface area contributed by atoms with Gasteiger partial charge in [0.1, 0.15) is 6.54 Å². The zero-order chi connectivity index (χ0) is 18.6. The highest BCUT2D eigenvalue weighted by molar-refractivity contribution is 6.07. The Labute approximate surface area is 148 Å². The summed E-state index contributed by atoms with van der Waals surface area (Å²) in [5, 5.41) is 2.80. The molecule has 2 aliphatic rings. The summed E-state index contributed by atoms with van der Waals surface area (Å²) >= 11 is 0. The topological polar surface area (TPSA) is 66.5 Å². The highest BCUT2D eigenvalue weighted by Crippen LogP contribution is 2.59. The molecule has 1 aliphatic carbocycles. The van der Waals surface area contributed by atoms with E-state index < -0.39 is 5.41 Å². The van der Waals surface area contributed by atoms with Crippen molar-refractivity contribution in [2.75, 3.05) is 11.9 Å². The van der Waals surface area contributed by atoms with E-state index in [1.54, 1.807) is 0 Å². The van der Waals surface area contributed by atoms with Crippen molar-refractivity contribution in [3.63, 3.8) is 0 Å². The molecule has 1 N–H and O–H groups in total. The Kier molecular flexibility index (Phi) is 4.01. The van der Waals surface area contributed by atoms with Crippen molar-refractivity contribution in [1.29, 1.82) is 0 Å². The molecule has 0 spiro atoms. The molecular formula is C20H26N2O3. The number of imide groups is 1. The zero-order valence-corrected chi connectivity index (χ0v) is 15.6. The van der Waals surface area contributed by atoms with Crippen molar-refractivity contribution in [1.82, 2.24) is 4.90 Å². The van der Waals surface area contributed by atoms with Crippen LogP contribution in [0.3, 0.4) is 0 Å². The number of rotatable bonds is 3. The van der Waals surface area contributed by atoms with Crippen LogP contribution >= 0.6 is 0 Å². The first kappa shape index (κ1) is 17.6. The standard InChI is InChI=1S/C20H26N2O3/c1-12-6-7-14(10-13(12)2)21-16(23)11-22-17(24)15-8-9-20(5,18(22)25)19(15,3)4/h6-7,10,15H,8-9,11H2,1-5H3,(H,21,23).